The maximum atomic E-state index is 13.6. The predicted molar refractivity (Wildman–Crippen MR) is 115 cm³/mol. The highest BCUT2D eigenvalue weighted by Crippen LogP contribution is 2.31. The summed E-state index contributed by atoms with van der Waals surface area (Å²) in [5.41, 5.74) is 1.10. The van der Waals surface area contributed by atoms with E-state index in [1.165, 1.54) is 41.7 Å². The monoisotopic (exact) mass is 444 g/mol. The quantitative estimate of drug-likeness (QED) is 0.545. The van der Waals surface area contributed by atoms with Crippen LogP contribution in [0.4, 0.5) is 21.6 Å². The number of carbonyl (C=O) groups excluding carboxylic acids is 2. The number of nitrogens with one attached hydrogen (secondary N) is 1. The highest BCUT2D eigenvalue weighted by molar-refractivity contribution is 6.34. The van der Waals surface area contributed by atoms with E-state index in [0.29, 0.717) is 16.9 Å². The Labute approximate surface area is 182 Å². The molecule has 0 aliphatic rings. The second-order valence-corrected chi connectivity index (χ2v) is 6.83. The van der Waals surface area contributed by atoms with Crippen LogP contribution in [0.5, 0.6) is 0 Å². The molecule has 3 aromatic rings. The third-order valence-electron chi connectivity index (χ3n) is 4.03. The Bertz CT molecular complexity index is 1120. The zero-order valence-corrected chi connectivity index (χ0v) is 17.0. The summed E-state index contributed by atoms with van der Waals surface area (Å²) < 4.78 is 13.6. The van der Waals surface area contributed by atoms with Crippen molar-refractivity contribution in [3.63, 3.8) is 0 Å². The van der Waals surface area contributed by atoms with Crippen LogP contribution in [0, 0.1) is 5.82 Å². The molecule has 0 bridgehead atoms. The Balaban J connectivity index is 1.86. The average molecular weight is 445 g/mol. The SMILES string of the molecule is C=CC(=O)N(c1cc(NC(=O)Cc2cccc(F)c2Cl)ccn1)c1ccncc1Cl. The van der Waals surface area contributed by atoms with Crippen molar-refractivity contribution < 1.29 is 14.0 Å². The minimum absolute atomic E-state index is 0.0989. The average Bonchev–Trinajstić information content (AvgIpc) is 2.73. The number of halogens is 3. The first kappa shape index (κ1) is 21.4. The molecule has 1 N–H and O–H groups in total. The van der Waals surface area contributed by atoms with Gasteiger partial charge >= 0.3 is 0 Å². The Kier molecular flexibility index (Phi) is 6.76. The van der Waals surface area contributed by atoms with Crippen LogP contribution in [-0.2, 0) is 16.0 Å². The lowest BCUT2D eigenvalue weighted by Gasteiger charge is -2.21. The van der Waals surface area contributed by atoms with Crippen molar-refractivity contribution in [3.8, 4) is 0 Å². The number of benzene rings is 1. The van der Waals surface area contributed by atoms with Gasteiger partial charge in [-0.3, -0.25) is 19.5 Å². The molecule has 0 aliphatic heterocycles. The minimum atomic E-state index is -0.596. The van der Waals surface area contributed by atoms with Crippen LogP contribution < -0.4 is 10.2 Å². The summed E-state index contributed by atoms with van der Waals surface area (Å²) in [5, 5.41) is 2.83. The highest BCUT2D eigenvalue weighted by Gasteiger charge is 2.20. The number of carbonyl (C=O) groups is 2. The molecule has 0 saturated heterocycles. The topological polar surface area (TPSA) is 75.2 Å². The van der Waals surface area contributed by atoms with Crippen LogP contribution in [0.25, 0.3) is 0 Å². The van der Waals surface area contributed by atoms with Gasteiger partial charge < -0.3 is 5.32 Å². The molecule has 3 rings (SSSR count). The standard InChI is InChI=1S/C21H15Cl2FN4O2/c1-2-20(30)28(17-7-8-25-12-15(17)22)18-11-14(6-9-26-18)27-19(29)10-13-4-3-5-16(24)21(13)23/h2-9,11-12H,1,10H2,(H,26,27,29). The zero-order chi connectivity index (χ0) is 21.7. The molecule has 9 heteroatoms. The van der Waals surface area contributed by atoms with Crippen LogP contribution in [0.15, 0.2) is 67.6 Å². The molecular weight excluding hydrogens is 430 g/mol. The van der Waals surface area contributed by atoms with E-state index in [-0.39, 0.29) is 22.3 Å². The van der Waals surface area contributed by atoms with Gasteiger partial charge in [-0.2, -0.15) is 0 Å². The third kappa shape index (κ3) is 4.82. The first-order valence-electron chi connectivity index (χ1n) is 8.65. The van der Waals surface area contributed by atoms with Gasteiger partial charge in [-0.15, -0.1) is 0 Å². The molecule has 0 unspecified atom stereocenters. The van der Waals surface area contributed by atoms with E-state index in [1.54, 1.807) is 18.2 Å². The molecule has 0 aliphatic carbocycles. The first-order valence-corrected chi connectivity index (χ1v) is 9.41. The van der Waals surface area contributed by atoms with Crippen LogP contribution >= 0.6 is 23.2 Å². The van der Waals surface area contributed by atoms with Crippen molar-refractivity contribution >= 4 is 52.2 Å². The van der Waals surface area contributed by atoms with Crippen LogP contribution in [0.1, 0.15) is 5.56 Å². The fraction of sp³-hybridized carbons (Fsp3) is 0.0476. The lowest BCUT2D eigenvalue weighted by molar-refractivity contribution is -0.115. The normalized spacial score (nSPS) is 10.4. The lowest BCUT2D eigenvalue weighted by atomic mass is 10.1. The summed E-state index contributed by atoms with van der Waals surface area (Å²) in [5.74, 6) is -1.26. The molecule has 152 valence electrons. The molecule has 2 amide bonds. The van der Waals surface area contributed by atoms with Crippen LogP contribution in [-0.4, -0.2) is 21.8 Å². The van der Waals surface area contributed by atoms with Gasteiger partial charge in [0, 0.05) is 30.3 Å². The van der Waals surface area contributed by atoms with Gasteiger partial charge in [0.05, 0.1) is 22.2 Å². The number of rotatable bonds is 6. The number of amides is 2. The summed E-state index contributed by atoms with van der Waals surface area (Å²) in [6, 6.07) is 8.88. The fourth-order valence-corrected chi connectivity index (χ4v) is 3.07. The van der Waals surface area contributed by atoms with Crippen molar-refractivity contribution in [3.05, 3.63) is 89.1 Å². The minimum Gasteiger partial charge on any atom is -0.326 e. The van der Waals surface area contributed by atoms with E-state index < -0.39 is 17.6 Å². The van der Waals surface area contributed by atoms with E-state index in [0.717, 1.165) is 6.08 Å². The Morgan fingerprint density at radius 1 is 1.20 bits per heavy atom. The molecule has 0 radical (unpaired) electrons. The zero-order valence-electron chi connectivity index (χ0n) is 15.5. The third-order valence-corrected chi connectivity index (χ3v) is 4.74. The molecule has 0 spiro atoms. The maximum Gasteiger partial charge on any atom is 0.256 e. The summed E-state index contributed by atoms with van der Waals surface area (Å²) in [6.07, 6.45) is 5.31. The van der Waals surface area contributed by atoms with E-state index in [1.807, 2.05) is 0 Å². The van der Waals surface area contributed by atoms with Gasteiger partial charge in [-0.25, -0.2) is 9.37 Å². The number of pyridine rings is 2. The molecule has 6 nitrogen and oxygen atoms in total. The number of anilines is 3. The van der Waals surface area contributed by atoms with Crippen molar-refractivity contribution in [1.29, 1.82) is 0 Å². The molecular formula is C21H15Cl2FN4O2. The van der Waals surface area contributed by atoms with Crippen molar-refractivity contribution in [2.24, 2.45) is 0 Å². The van der Waals surface area contributed by atoms with E-state index >= 15 is 0 Å². The van der Waals surface area contributed by atoms with E-state index in [2.05, 4.69) is 21.9 Å². The van der Waals surface area contributed by atoms with Crippen molar-refractivity contribution in [1.82, 2.24) is 9.97 Å². The Morgan fingerprint density at radius 2 is 2.00 bits per heavy atom. The highest BCUT2D eigenvalue weighted by atomic mass is 35.5. The number of hydrogen-bond acceptors (Lipinski definition) is 4. The molecule has 30 heavy (non-hydrogen) atoms. The fourth-order valence-electron chi connectivity index (χ4n) is 2.68. The van der Waals surface area contributed by atoms with Gasteiger partial charge in [0.15, 0.2) is 0 Å². The summed E-state index contributed by atoms with van der Waals surface area (Å²) in [4.78, 5) is 34.2. The van der Waals surface area contributed by atoms with Gasteiger partial charge in [0.2, 0.25) is 5.91 Å². The second-order valence-electron chi connectivity index (χ2n) is 6.05. The Hall–Kier alpha value is -3.29. The van der Waals surface area contributed by atoms with Gasteiger partial charge in [0.1, 0.15) is 11.6 Å². The lowest BCUT2D eigenvalue weighted by Crippen LogP contribution is -2.25. The van der Waals surface area contributed by atoms with Crippen LogP contribution in [0.3, 0.4) is 0 Å². The molecule has 2 heterocycles. The summed E-state index contributed by atoms with van der Waals surface area (Å²) in [6.45, 7) is 3.50. The van der Waals surface area contributed by atoms with Crippen molar-refractivity contribution in [2.75, 3.05) is 10.2 Å². The van der Waals surface area contributed by atoms with Crippen molar-refractivity contribution in [2.45, 2.75) is 6.42 Å². The Morgan fingerprint density at radius 3 is 2.73 bits per heavy atom. The maximum absolute atomic E-state index is 13.6. The number of nitrogens with zero attached hydrogens (tertiary/aromatic N) is 3. The predicted octanol–water partition coefficient (Wildman–Crippen LogP) is 4.95. The molecule has 2 aromatic heterocycles. The van der Waals surface area contributed by atoms with Gasteiger partial charge in [-0.05, 0) is 29.8 Å². The molecule has 0 saturated carbocycles. The van der Waals surface area contributed by atoms with E-state index in [4.69, 9.17) is 23.2 Å². The number of hydrogen-bond donors (Lipinski definition) is 1. The smallest absolute Gasteiger partial charge is 0.256 e. The van der Waals surface area contributed by atoms with Crippen LogP contribution in [0.2, 0.25) is 10.0 Å². The van der Waals surface area contributed by atoms with Gasteiger partial charge in [0.25, 0.3) is 5.91 Å². The molecule has 1 aromatic carbocycles. The molecule has 0 atom stereocenters. The number of aromatic nitrogens is 2. The summed E-state index contributed by atoms with van der Waals surface area (Å²) >= 11 is 12.1. The molecule has 0 fully saturated rings. The first-order chi connectivity index (χ1) is 14.4. The summed E-state index contributed by atoms with van der Waals surface area (Å²) in [7, 11) is 0. The second kappa shape index (κ2) is 9.47. The van der Waals surface area contributed by atoms with Gasteiger partial charge in [-0.1, -0.05) is 41.9 Å². The van der Waals surface area contributed by atoms with E-state index in [9.17, 15) is 14.0 Å². The largest absolute Gasteiger partial charge is 0.326 e.